The third-order valence-electron chi connectivity index (χ3n) is 2.84. The minimum absolute atomic E-state index is 0.0715. The van der Waals surface area contributed by atoms with Gasteiger partial charge in [0.15, 0.2) is 0 Å². The van der Waals surface area contributed by atoms with E-state index in [0.717, 1.165) is 11.1 Å². The molecule has 0 amide bonds. The van der Waals surface area contributed by atoms with Crippen molar-refractivity contribution in [2.45, 2.75) is 0 Å². The zero-order chi connectivity index (χ0) is 12.5. The minimum atomic E-state index is -0.0715. The summed E-state index contributed by atoms with van der Waals surface area (Å²) < 4.78 is 1.37. The Labute approximate surface area is 112 Å². The summed E-state index contributed by atoms with van der Waals surface area (Å²) in [5, 5.41) is 0.623. The second-order valence-electron chi connectivity index (χ2n) is 3.97. The van der Waals surface area contributed by atoms with E-state index in [9.17, 15) is 4.79 Å². The zero-order valence-electron chi connectivity index (χ0n) is 9.41. The number of benzene rings is 2. The van der Waals surface area contributed by atoms with Gasteiger partial charge in [0.25, 0.3) is 0 Å². The van der Waals surface area contributed by atoms with Crippen LogP contribution in [0.5, 0.6) is 0 Å². The molecule has 1 radical (unpaired) electrons. The molecule has 0 aliphatic carbocycles. The van der Waals surface area contributed by atoms with Crippen LogP contribution in [-0.2, 0) is 0 Å². The van der Waals surface area contributed by atoms with Crippen molar-refractivity contribution in [1.82, 2.24) is 8.57 Å². The van der Waals surface area contributed by atoms with Crippen LogP contribution in [0.1, 0.15) is 0 Å². The summed E-state index contributed by atoms with van der Waals surface area (Å²) in [7, 11) is 0. The van der Waals surface area contributed by atoms with Crippen LogP contribution in [0.25, 0.3) is 22.0 Å². The molecule has 1 heterocycles. The van der Waals surface area contributed by atoms with Crippen molar-refractivity contribution >= 4 is 27.1 Å². The van der Waals surface area contributed by atoms with Gasteiger partial charge < -0.3 is 0 Å². The summed E-state index contributed by atoms with van der Waals surface area (Å²) in [5.41, 5.74) is 2.76. The van der Waals surface area contributed by atoms with Gasteiger partial charge in [-0.25, -0.2) is 0 Å². The van der Waals surface area contributed by atoms with Crippen LogP contribution in [-0.4, -0.2) is 24.8 Å². The van der Waals surface area contributed by atoms with E-state index >= 15 is 0 Å². The summed E-state index contributed by atoms with van der Waals surface area (Å²) in [6.07, 6.45) is 1.49. The van der Waals surface area contributed by atoms with E-state index in [0.29, 0.717) is 10.9 Å². The van der Waals surface area contributed by atoms with Gasteiger partial charge in [0.05, 0.1) is 0 Å². The van der Waals surface area contributed by atoms with Gasteiger partial charge in [-0.05, 0) is 0 Å². The maximum atomic E-state index is 12.0. The number of fused-ring (bicyclic) bond motifs is 1. The van der Waals surface area contributed by atoms with Crippen LogP contribution in [0.4, 0.5) is 0 Å². The molecule has 18 heavy (non-hydrogen) atoms. The first-order chi connectivity index (χ1) is 8.75. The molecule has 0 aliphatic heterocycles. The van der Waals surface area contributed by atoms with Crippen LogP contribution in [0.3, 0.4) is 0 Å². The molecule has 2 aromatic carbocycles. The van der Waals surface area contributed by atoms with Crippen LogP contribution in [0.2, 0.25) is 0 Å². The SMILES string of the molecule is O=c1c2cc(-c3ccccc3)ccc2ncn1[Se]. The van der Waals surface area contributed by atoms with E-state index in [4.69, 9.17) is 0 Å². The van der Waals surface area contributed by atoms with Crippen molar-refractivity contribution < 1.29 is 0 Å². The molecule has 1 aromatic heterocycles. The number of aromatic nitrogens is 2. The molecule has 4 heteroatoms. The fourth-order valence-electron chi connectivity index (χ4n) is 1.92. The van der Waals surface area contributed by atoms with Crippen molar-refractivity contribution in [3.63, 3.8) is 0 Å². The molecule has 0 atom stereocenters. The number of nitrogens with zero attached hydrogens (tertiary/aromatic N) is 2. The third-order valence-corrected chi connectivity index (χ3v) is 3.38. The molecule has 3 rings (SSSR count). The predicted molar refractivity (Wildman–Crippen MR) is 72.6 cm³/mol. The molecule has 0 N–H and O–H groups in total. The fourth-order valence-corrected chi connectivity index (χ4v) is 2.22. The normalized spacial score (nSPS) is 10.7. The van der Waals surface area contributed by atoms with Gasteiger partial charge in [-0.2, -0.15) is 0 Å². The van der Waals surface area contributed by atoms with Gasteiger partial charge in [-0.3, -0.25) is 0 Å². The second-order valence-corrected chi connectivity index (χ2v) is 4.80. The molecule has 0 fully saturated rings. The van der Waals surface area contributed by atoms with Gasteiger partial charge in [-0.15, -0.1) is 0 Å². The zero-order valence-corrected chi connectivity index (χ0v) is 11.1. The summed E-state index contributed by atoms with van der Waals surface area (Å²) in [4.78, 5) is 16.2. The summed E-state index contributed by atoms with van der Waals surface area (Å²) in [6, 6.07) is 15.7. The first-order valence-corrected chi connectivity index (χ1v) is 6.27. The summed E-state index contributed by atoms with van der Waals surface area (Å²) in [5.74, 6) is 0. The predicted octanol–water partition coefficient (Wildman–Crippen LogP) is 2.00. The van der Waals surface area contributed by atoms with E-state index in [2.05, 4.69) is 21.2 Å². The Morgan fingerprint density at radius 3 is 2.56 bits per heavy atom. The van der Waals surface area contributed by atoms with E-state index in [-0.39, 0.29) is 5.56 Å². The van der Waals surface area contributed by atoms with E-state index in [1.54, 1.807) is 0 Å². The maximum absolute atomic E-state index is 12.0. The van der Waals surface area contributed by atoms with E-state index in [1.807, 2.05) is 48.5 Å². The van der Waals surface area contributed by atoms with Crippen molar-refractivity contribution in [2.24, 2.45) is 0 Å². The monoisotopic (exact) mass is 301 g/mol. The van der Waals surface area contributed by atoms with Crippen molar-refractivity contribution in [3.8, 4) is 11.1 Å². The average molecular weight is 300 g/mol. The van der Waals surface area contributed by atoms with Crippen molar-refractivity contribution in [1.29, 1.82) is 0 Å². The quantitative estimate of drug-likeness (QED) is 0.644. The molecule has 0 unspecified atom stereocenters. The van der Waals surface area contributed by atoms with Crippen LogP contribution in [0.15, 0.2) is 59.7 Å². The molecule has 0 spiro atoms. The molecular weight excluding hydrogens is 291 g/mol. The Kier molecular flexibility index (Phi) is 2.74. The average Bonchev–Trinajstić information content (AvgIpc) is 2.44. The Hall–Kier alpha value is -1.90. The molecule has 3 nitrogen and oxygen atoms in total. The third kappa shape index (κ3) is 1.86. The molecule has 0 bridgehead atoms. The first-order valence-electron chi connectivity index (χ1n) is 5.50. The number of hydrogen-bond acceptors (Lipinski definition) is 2. The summed E-state index contributed by atoms with van der Waals surface area (Å²) in [6.45, 7) is 0. The van der Waals surface area contributed by atoms with Crippen LogP contribution < -0.4 is 5.56 Å². The van der Waals surface area contributed by atoms with Crippen molar-refractivity contribution in [3.05, 3.63) is 65.2 Å². The number of hydrogen-bond donors (Lipinski definition) is 0. The van der Waals surface area contributed by atoms with Gasteiger partial charge in [-0.1, -0.05) is 0 Å². The van der Waals surface area contributed by atoms with Crippen LogP contribution in [0, 0.1) is 0 Å². The molecule has 0 saturated carbocycles. The first kappa shape index (κ1) is 11.2. The Morgan fingerprint density at radius 1 is 1.00 bits per heavy atom. The molecule has 87 valence electrons. The van der Waals surface area contributed by atoms with Crippen LogP contribution >= 0.6 is 0 Å². The Balaban J connectivity index is 2.29. The molecule has 0 saturated heterocycles. The molecular formula is C14H9N2OSe. The number of rotatable bonds is 1. The van der Waals surface area contributed by atoms with Gasteiger partial charge in [0.1, 0.15) is 0 Å². The van der Waals surface area contributed by atoms with Crippen molar-refractivity contribution in [2.75, 3.05) is 0 Å². The van der Waals surface area contributed by atoms with E-state index < -0.39 is 0 Å². The molecule has 0 aliphatic rings. The Bertz CT molecular complexity index is 766. The Morgan fingerprint density at radius 2 is 1.78 bits per heavy atom. The van der Waals surface area contributed by atoms with Gasteiger partial charge >= 0.3 is 112 Å². The standard InChI is InChI=1S/C14H9N2OSe/c17-14-12-8-11(10-4-2-1-3-5-10)6-7-13(12)15-9-16(14)18/h1-9H. The molecule has 3 aromatic rings. The topological polar surface area (TPSA) is 34.9 Å². The van der Waals surface area contributed by atoms with Gasteiger partial charge in [0, 0.05) is 0 Å². The fraction of sp³-hybridized carbons (Fsp3) is 0. The van der Waals surface area contributed by atoms with E-state index in [1.165, 1.54) is 9.91 Å². The summed E-state index contributed by atoms with van der Waals surface area (Å²) >= 11 is 2.66. The second kappa shape index (κ2) is 4.41. The van der Waals surface area contributed by atoms with Gasteiger partial charge in [0.2, 0.25) is 0 Å².